The predicted molar refractivity (Wildman–Crippen MR) is 90.8 cm³/mol. The Kier molecular flexibility index (Phi) is 2.67. The van der Waals surface area contributed by atoms with Gasteiger partial charge in [-0.05, 0) is 62.6 Å². The quantitative estimate of drug-likeness (QED) is 0.755. The molecule has 6 rings (SSSR count). The molecule has 5 aliphatic rings. The number of aliphatic hydroxyl groups is 2. The Hall–Kier alpha value is -1.30. The Morgan fingerprint density at radius 2 is 2.04 bits per heavy atom. The van der Waals surface area contributed by atoms with Gasteiger partial charge in [-0.3, -0.25) is 4.90 Å². The lowest BCUT2D eigenvalue weighted by Gasteiger charge is -2.63. The highest BCUT2D eigenvalue weighted by Crippen LogP contribution is 2.65. The highest BCUT2D eigenvalue weighted by molar-refractivity contribution is 5.62. The Morgan fingerprint density at radius 3 is 2.84 bits per heavy atom. The van der Waals surface area contributed by atoms with Gasteiger partial charge in [0.25, 0.3) is 0 Å². The minimum absolute atomic E-state index is 0.0865. The summed E-state index contributed by atoms with van der Waals surface area (Å²) in [4.78, 5) is 2.51. The Balaban J connectivity index is 1.57. The van der Waals surface area contributed by atoms with Crippen molar-refractivity contribution in [3.63, 3.8) is 0 Å². The third-order valence-corrected chi connectivity index (χ3v) is 7.73. The van der Waals surface area contributed by atoms with Crippen LogP contribution in [0.15, 0.2) is 12.1 Å². The smallest absolute Gasteiger partial charge is 0.165 e. The molecule has 1 aromatic carbocycles. The highest BCUT2D eigenvalue weighted by atomic mass is 16.5. The van der Waals surface area contributed by atoms with Gasteiger partial charge in [0, 0.05) is 18.2 Å². The van der Waals surface area contributed by atoms with E-state index in [0.717, 1.165) is 37.4 Å². The lowest BCUT2D eigenvalue weighted by Crippen LogP contribution is -2.77. The van der Waals surface area contributed by atoms with Crippen LogP contribution in [0.5, 0.6) is 11.5 Å². The van der Waals surface area contributed by atoms with Crippen LogP contribution < -0.4 is 4.74 Å². The van der Waals surface area contributed by atoms with Crippen LogP contribution in [0.2, 0.25) is 0 Å². The zero-order chi connectivity index (χ0) is 17.0. The minimum atomic E-state index is -0.879. The fraction of sp³-hybridized carbons (Fsp3) is 0.700. The molecule has 134 valence electrons. The van der Waals surface area contributed by atoms with E-state index in [1.54, 1.807) is 6.07 Å². The number of likely N-dealkylation sites (tertiary alicyclic amines) is 1. The van der Waals surface area contributed by atoms with Crippen molar-refractivity contribution in [3.8, 4) is 11.5 Å². The number of hydrogen-bond acceptors (Lipinski definition) is 5. The van der Waals surface area contributed by atoms with Gasteiger partial charge in [0.1, 0.15) is 6.10 Å². The maximum absolute atomic E-state index is 12.0. The number of ether oxygens (including phenoxy) is 1. The summed E-state index contributed by atoms with van der Waals surface area (Å²) in [6.45, 7) is 2.02. The summed E-state index contributed by atoms with van der Waals surface area (Å²) >= 11 is 0. The van der Waals surface area contributed by atoms with Gasteiger partial charge in [-0.2, -0.15) is 0 Å². The lowest BCUT2D eigenvalue weighted by molar-refractivity contribution is -0.208. The molecule has 1 aromatic rings. The molecule has 2 saturated carbocycles. The number of piperidine rings is 1. The van der Waals surface area contributed by atoms with Crippen molar-refractivity contribution in [1.82, 2.24) is 4.90 Å². The molecule has 1 unspecified atom stereocenters. The van der Waals surface area contributed by atoms with E-state index in [4.69, 9.17) is 4.74 Å². The number of aromatic hydroxyl groups is 1. The SMILES string of the molecule is Oc1ccc2c3c1O[C@@H]1[C@@H](O)CC[C@]4(O)C(C2)N(CC2CC2)CC[C@@]314. The number of aliphatic hydroxyl groups excluding tert-OH is 1. The Morgan fingerprint density at radius 1 is 1.20 bits per heavy atom. The lowest BCUT2D eigenvalue weighted by atomic mass is 9.48. The maximum Gasteiger partial charge on any atom is 0.165 e. The van der Waals surface area contributed by atoms with Gasteiger partial charge in [-0.25, -0.2) is 0 Å². The average Bonchev–Trinajstić information content (AvgIpc) is 3.32. The zero-order valence-corrected chi connectivity index (χ0v) is 14.3. The molecule has 1 saturated heterocycles. The fourth-order valence-electron chi connectivity index (χ4n) is 6.46. The van der Waals surface area contributed by atoms with Gasteiger partial charge in [0.15, 0.2) is 11.5 Å². The second-order valence-corrected chi connectivity index (χ2v) is 8.90. The maximum atomic E-state index is 12.0. The van der Waals surface area contributed by atoms with Gasteiger partial charge < -0.3 is 20.1 Å². The van der Waals surface area contributed by atoms with Gasteiger partial charge in [0.2, 0.25) is 0 Å². The topological polar surface area (TPSA) is 73.2 Å². The van der Waals surface area contributed by atoms with Crippen LogP contribution in [0, 0.1) is 5.92 Å². The summed E-state index contributed by atoms with van der Waals surface area (Å²) in [7, 11) is 0. The van der Waals surface area contributed by atoms with Crippen LogP contribution in [0.1, 0.15) is 43.2 Å². The largest absolute Gasteiger partial charge is 0.504 e. The molecule has 0 aromatic heterocycles. The van der Waals surface area contributed by atoms with E-state index in [1.165, 1.54) is 18.4 Å². The van der Waals surface area contributed by atoms with Crippen molar-refractivity contribution in [2.24, 2.45) is 5.92 Å². The van der Waals surface area contributed by atoms with E-state index >= 15 is 0 Å². The number of rotatable bonds is 2. The van der Waals surface area contributed by atoms with E-state index in [9.17, 15) is 15.3 Å². The Bertz CT molecular complexity index is 762. The van der Waals surface area contributed by atoms with Gasteiger partial charge in [-0.15, -0.1) is 0 Å². The minimum Gasteiger partial charge on any atom is -0.504 e. The first-order chi connectivity index (χ1) is 12.0. The van der Waals surface area contributed by atoms with Crippen LogP contribution >= 0.6 is 0 Å². The van der Waals surface area contributed by atoms with Gasteiger partial charge >= 0.3 is 0 Å². The van der Waals surface area contributed by atoms with Crippen LogP contribution in [0.4, 0.5) is 0 Å². The fourth-order valence-corrected chi connectivity index (χ4v) is 6.46. The van der Waals surface area contributed by atoms with Crippen molar-refractivity contribution in [2.45, 2.75) is 67.8 Å². The molecule has 2 bridgehead atoms. The summed E-state index contributed by atoms with van der Waals surface area (Å²) in [6, 6.07) is 3.79. The summed E-state index contributed by atoms with van der Waals surface area (Å²) in [6.07, 6.45) is 4.35. The second kappa shape index (κ2) is 4.51. The Labute approximate surface area is 147 Å². The summed E-state index contributed by atoms with van der Waals surface area (Å²) in [5, 5.41) is 33.1. The van der Waals surface area contributed by atoms with Crippen molar-refractivity contribution < 1.29 is 20.1 Å². The molecule has 2 heterocycles. The molecule has 2 aliphatic heterocycles. The third-order valence-electron chi connectivity index (χ3n) is 7.73. The van der Waals surface area contributed by atoms with Crippen LogP contribution in [0.25, 0.3) is 0 Å². The monoisotopic (exact) mass is 343 g/mol. The molecule has 25 heavy (non-hydrogen) atoms. The standard InChI is InChI=1S/C20H25NO4/c22-13-4-3-12-9-15-20(24)6-5-14(23)18-19(20,16(12)17(13)25-18)7-8-21(15)10-11-1-2-11/h3-4,11,14-15,18,22-24H,1-2,5-10H2/t14-,15?,18+,19+,20-/m0/s1. The number of benzene rings is 1. The number of phenols is 1. The van der Waals surface area contributed by atoms with Crippen molar-refractivity contribution >= 4 is 0 Å². The van der Waals surface area contributed by atoms with Crippen LogP contribution in [0.3, 0.4) is 0 Å². The predicted octanol–water partition coefficient (Wildman–Crippen LogP) is 1.32. The molecule has 3 N–H and O–H groups in total. The van der Waals surface area contributed by atoms with Crippen LogP contribution in [-0.4, -0.2) is 57.2 Å². The van der Waals surface area contributed by atoms with Crippen molar-refractivity contribution in [2.75, 3.05) is 13.1 Å². The molecular formula is C20H25NO4. The first kappa shape index (κ1) is 14.8. The average molecular weight is 343 g/mol. The molecule has 5 heteroatoms. The van der Waals surface area contributed by atoms with Gasteiger partial charge in [-0.1, -0.05) is 6.07 Å². The van der Waals surface area contributed by atoms with E-state index in [2.05, 4.69) is 4.90 Å². The number of hydrogen-bond donors (Lipinski definition) is 3. The highest BCUT2D eigenvalue weighted by Gasteiger charge is 2.72. The molecule has 3 aliphatic carbocycles. The molecule has 3 fully saturated rings. The summed E-state index contributed by atoms with van der Waals surface area (Å²) < 4.78 is 6.14. The molecule has 1 spiro atoms. The first-order valence-electron chi connectivity index (χ1n) is 9.71. The van der Waals surface area contributed by atoms with E-state index in [0.29, 0.717) is 18.6 Å². The normalized spacial score (nSPS) is 44.3. The van der Waals surface area contributed by atoms with Crippen molar-refractivity contribution in [1.29, 1.82) is 0 Å². The second-order valence-electron chi connectivity index (χ2n) is 8.90. The molecule has 5 nitrogen and oxygen atoms in total. The number of phenolic OH excluding ortho intramolecular Hbond substituents is 1. The summed E-state index contributed by atoms with van der Waals surface area (Å²) in [5.41, 5.74) is 0.716. The first-order valence-corrected chi connectivity index (χ1v) is 9.71. The third kappa shape index (κ3) is 1.61. The molecule has 0 amide bonds. The zero-order valence-electron chi connectivity index (χ0n) is 14.3. The van der Waals surface area contributed by atoms with Gasteiger partial charge in [0.05, 0.1) is 17.1 Å². The number of nitrogens with zero attached hydrogens (tertiary/aromatic N) is 1. The molecular weight excluding hydrogens is 318 g/mol. The van der Waals surface area contributed by atoms with Crippen molar-refractivity contribution in [3.05, 3.63) is 23.3 Å². The molecule has 0 radical (unpaired) electrons. The molecule has 5 atom stereocenters. The summed E-state index contributed by atoms with van der Waals surface area (Å²) in [5.74, 6) is 1.44. The van der Waals surface area contributed by atoms with E-state index in [1.807, 2.05) is 6.07 Å². The van der Waals surface area contributed by atoms with E-state index < -0.39 is 23.2 Å². The van der Waals surface area contributed by atoms with E-state index in [-0.39, 0.29) is 11.8 Å². The van der Waals surface area contributed by atoms with Crippen LogP contribution in [-0.2, 0) is 11.8 Å².